The van der Waals surface area contributed by atoms with E-state index in [2.05, 4.69) is 25.1 Å². The second kappa shape index (κ2) is 7.52. The first-order valence-electron chi connectivity index (χ1n) is 9.32. The van der Waals surface area contributed by atoms with Crippen molar-refractivity contribution in [1.82, 2.24) is 4.90 Å². The number of fused-ring (bicyclic) bond motifs is 1. The quantitative estimate of drug-likeness (QED) is 0.838. The third-order valence-corrected chi connectivity index (χ3v) is 5.66. The van der Waals surface area contributed by atoms with Crippen LogP contribution in [0.2, 0.25) is 0 Å². The summed E-state index contributed by atoms with van der Waals surface area (Å²) in [5.74, 6) is 1.09. The summed E-state index contributed by atoms with van der Waals surface area (Å²) in [6.45, 7) is 5.42. The molecule has 3 rings (SSSR count). The van der Waals surface area contributed by atoms with Crippen molar-refractivity contribution in [2.45, 2.75) is 45.6 Å². The molecule has 0 spiro atoms. The van der Waals surface area contributed by atoms with Crippen LogP contribution in [0.15, 0.2) is 24.3 Å². The van der Waals surface area contributed by atoms with Gasteiger partial charge in [-0.15, -0.1) is 0 Å². The number of nitrogens with zero attached hydrogens (tertiary/aromatic N) is 1. The number of allylic oxidation sites excluding steroid dienone is 1. The fourth-order valence-corrected chi connectivity index (χ4v) is 3.98. The number of rotatable bonds is 5. The van der Waals surface area contributed by atoms with E-state index in [1.165, 1.54) is 11.1 Å². The molecule has 0 saturated carbocycles. The van der Waals surface area contributed by atoms with Crippen molar-refractivity contribution in [3.8, 4) is 0 Å². The smallest absolute Gasteiger partial charge is 0.239 e. The molecule has 2 aliphatic rings. The van der Waals surface area contributed by atoms with Crippen LogP contribution in [0.4, 0.5) is 0 Å². The van der Waals surface area contributed by atoms with Crippen molar-refractivity contribution in [3.63, 3.8) is 0 Å². The average molecular weight is 340 g/mol. The summed E-state index contributed by atoms with van der Waals surface area (Å²) < 4.78 is 0. The van der Waals surface area contributed by atoms with Gasteiger partial charge in [0.05, 0.1) is 6.04 Å². The Balaban J connectivity index is 1.54. The number of amides is 1. The third-order valence-electron chi connectivity index (χ3n) is 5.66. The van der Waals surface area contributed by atoms with Crippen LogP contribution in [0, 0.1) is 11.8 Å². The maximum atomic E-state index is 12.7. The Bertz CT molecular complexity index is 685. The van der Waals surface area contributed by atoms with Crippen molar-refractivity contribution < 1.29 is 9.59 Å². The standard InChI is InChI=1S/C21H28N2O2/c1-14(16-8-10-23(11-9-16)21(25)15(2)22)12-20(24)19-7-6-17-4-3-5-18(17)13-19/h3,5-7,13-16H,4,8-12,22H2,1-2H3/t14?,15-/m0/s1. The van der Waals surface area contributed by atoms with Crippen LogP contribution in [-0.4, -0.2) is 35.7 Å². The molecule has 0 aromatic heterocycles. The Morgan fingerprint density at radius 1 is 1.24 bits per heavy atom. The SMILES string of the molecule is CC(CC(=O)c1ccc2c(c1)C=CC2)C1CCN(C(=O)[C@H](C)N)CC1. The molecule has 25 heavy (non-hydrogen) atoms. The predicted molar refractivity (Wildman–Crippen MR) is 100 cm³/mol. The highest BCUT2D eigenvalue weighted by Gasteiger charge is 2.28. The lowest BCUT2D eigenvalue weighted by molar-refractivity contribution is -0.133. The first-order valence-corrected chi connectivity index (χ1v) is 9.32. The Hall–Kier alpha value is -1.94. The molecule has 4 nitrogen and oxygen atoms in total. The Morgan fingerprint density at radius 2 is 1.96 bits per heavy atom. The Morgan fingerprint density at radius 3 is 2.64 bits per heavy atom. The Labute approximate surface area is 150 Å². The fourth-order valence-electron chi connectivity index (χ4n) is 3.98. The minimum absolute atomic E-state index is 0.0355. The van der Waals surface area contributed by atoms with Crippen LogP contribution < -0.4 is 5.73 Å². The van der Waals surface area contributed by atoms with Crippen LogP contribution in [0.5, 0.6) is 0 Å². The summed E-state index contributed by atoms with van der Waals surface area (Å²) in [6, 6.07) is 5.64. The summed E-state index contributed by atoms with van der Waals surface area (Å²) in [5.41, 5.74) is 8.99. The van der Waals surface area contributed by atoms with E-state index >= 15 is 0 Å². The number of carbonyl (C=O) groups is 2. The predicted octanol–water partition coefficient (Wildman–Crippen LogP) is 3.05. The van der Waals surface area contributed by atoms with Crippen molar-refractivity contribution >= 4 is 17.8 Å². The van der Waals surface area contributed by atoms with Gasteiger partial charge in [-0.25, -0.2) is 0 Å². The second-order valence-electron chi connectivity index (χ2n) is 7.58. The van der Waals surface area contributed by atoms with Gasteiger partial charge in [0.1, 0.15) is 0 Å². The molecule has 0 radical (unpaired) electrons. The van der Waals surface area contributed by atoms with Crippen molar-refractivity contribution in [2.24, 2.45) is 17.6 Å². The lowest BCUT2D eigenvalue weighted by Crippen LogP contribution is -2.46. The van der Waals surface area contributed by atoms with Gasteiger partial charge in [0.25, 0.3) is 0 Å². The van der Waals surface area contributed by atoms with Gasteiger partial charge in [0, 0.05) is 25.1 Å². The molecule has 0 bridgehead atoms. The monoisotopic (exact) mass is 340 g/mol. The normalized spacial score (nSPS) is 19.6. The molecule has 2 atom stereocenters. The highest BCUT2D eigenvalue weighted by Crippen LogP contribution is 2.29. The summed E-state index contributed by atoms with van der Waals surface area (Å²) in [4.78, 5) is 26.5. The van der Waals surface area contributed by atoms with E-state index in [1.54, 1.807) is 6.92 Å². The van der Waals surface area contributed by atoms with Gasteiger partial charge in [0.2, 0.25) is 5.91 Å². The lowest BCUT2D eigenvalue weighted by atomic mass is 9.81. The second-order valence-corrected chi connectivity index (χ2v) is 7.58. The maximum absolute atomic E-state index is 12.7. The summed E-state index contributed by atoms with van der Waals surface area (Å²) in [5, 5.41) is 0. The molecule has 2 N–H and O–H groups in total. The van der Waals surface area contributed by atoms with E-state index in [4.69, 9.17) is 5.73 Å². The molecule has 1 saturated heterocycles. The van der Waals surface area contributed by atoms with Gasteiger partial charge < -0.3 is 10.6 Å². The van der Waals surface area contributed by atoms with E-state index in [1.807, 2.05) is 17.0 Å². The minimum Gasteiger partial charge on any atom is -0.341 e. The molecule has 134 valence electrons. The van der Waals surface area contributed by atoms with Crippen molar-refractivity contribution in [3.05, 3.63) is 41.0 Å². The average Bonchev–Trinajstić information content (AvgIpc) is 3.08. The molecule has 1 aliphatic carbocycles. The van der Waals surface area contributed by atoms with Gasteiger partial charge in [0.15, 0.2) is 5.78 Å². The molecule has 1 amide bonds. The number of likely N-dealkylation sites (tertiary alicyclic amines) is 1. The first kappa shape index (κ1) is 17.9. The third kappa shape index (κ3) is 4.01. The first-order chi connectivity index (χ1) is 12.0. The summed E-state index contributed by atoms with van der Waals surface area (Å²) >= 11 is 0. The van der Waals surface area contributed by atoms with Crippen LogP contribution >= 0.6 is 0 Å². The van der Waals surface area contributed by atoms with E-state index in [-0.39, 0.29) is 11.7 Å². The van der Waals surface area contributed by atoms with E-state index in [9.17, 15) is 9.59 Å². The topological polar surface area (TPSA) is 63.4 Å². The number of benzene rings is 1. The molecule has 1 fully saturated rings. The number of ketones is 1. The number of carbonyl (C=O) groups excluding carboxylic acids is 2. The van der Waals surface area contributed by atoms with Crippen molar-refractivity contribution in [2.75, 3.05) is 13.1 Å². The molecular formula is C21H28N2O2. The van der Waals surface area contributed by atoms with E-state index in [0.717, 1.165) is 37.9 Å². The van der Waals surface area contributed by atoms with Gasteiger partial charge >= 0.3 is 0 Å². The maximum Gasteiger partial charge on any atom is 0.239 e. The molecule has 1 aromatic rings. The minimum atomic E-state index is -0.426. The highest BCUT2D eigenvalue weighted by atomic mass is 16.2. The van der Waals surface area contributed by atoms with Crippen LogP contribution in [-0.2, 0) is 11.2 Å². The Kier molecular flexibility index (Phi) is 5.38. The largest absolute Gasteiger partial charge is 0.341 e. The van der Waals surface area contributed by atoms with Gasteiger partial charge in [-0.2, -0.15) is 0 Å². The van der Waals surface area contributed by atoms with Crippen LogP contribution in [0.1, 0.15) is 54.6 Å². The molecule has 1 heterocycles. The fraction of sp³-hybridized carbons (Fsp3) is 0.524. The van der Waals surface area contributed by atoms with E-state index in [0.29, 0.717) is 18.3 Å². The number of piperidine rings is 1. The highest BCUT2D eigenvalue weighted by molar-refractivity contribution is 5.97. The lowest BCUT2D eigenvalue weighted by Gasteiger charge is -2.35. The number of Topliss-reactive ketones (excluding diaryl/α,β-unsaturated/α-hetero) is 1. The van der Waals surface area contributed by atoms with Gasteiger partial charge in [-0.1, -0.05) is 31.2 Å². The summed E-state index contributed by atoms with van der Waals surface area (Å²) in [6.07, 6.45) is 7.70. The summed E-state index contributed by atoms with van der Waals surface area (Å²) in [7, 11) is 0. The molecule has 4 heteroatoms. The molecule has 1 aromatic carbocycles. The zero-order chi connectivity index (χ0) is 18.0. The van der Waals surface area contributed by atoms with Gasteiger partial charge in [-0.05, 0) is 55.2 Å². The molecule has 1 unspecified atom stereocenters. The number of nitrogens with two attached hydrogens (primary N) is 1. The number of hydrogen-bond donors (Lipinski definition) is 1. The van der Waals surface area contributed by atoms with Gasteiger partial charge in [-0.3, -0.25) is 9.59 Å². The van der Waals surface area contributed by atoms with Crippen molar-refractivity contribution in [1.29, 1.82) is 0 Å². The van der Waals surface area contributed by atoms with E-state index < -0.39 is 6.04 Å². The molecule has 1 aliphatic heterocycles. The van der Waals surface area contributed by atoms with Crippen LogP contribution in [0.25, 0.3) is 6.08 Å². The number of hydrogen-bond acceptors (Lipinski definition) is 3. The van der Waals surface area contributed by atoms with Crippen LogP contribution in [0.3, 0.4) is 0 Å². The zero-order valence-corrected chi connectivity index (χ0v) is 15.2. The zero-order valence-electron chi connectivity index (χ0n) is 15.2. The molecular weight excluding hydrogens is 312 g/mol.